The van der Waals surface area contributed by atoms with Crippen molar-refractivity contribution >= 4 is 28.2 Å². The highest BCUT2D eigenvalue weighted by atomic mass is 32.2. The molecule has 0 unspecified atom stereocenters. The van der Waals surface area contributed by atoms with E-state index in [0.717, 1.165) is 21.1 Å². The van der Waals surface area contributed by atoms with E-state index in [0.29, 0.717) is 0 Å². The Morgan fingerprint density at radius 2 is 1.56 bits per heavy atom. The summed E-state index contributed by atoms with van der Waals surface area (Å²) >= 11 is 7.06. The van der Waals surface area contributed by atoms with E-state index < -0.39 is 0 Å². The summed E-state index contributed by atoms with van der Waals surface area (Å²) in [6.45, 7) is 0.0931. The highest BCUT2D eigenvalue weighted by molar-refractivity contribution is 8.23. The molecule has 0 aliphatic carbocycles. The quantitative estimate of drug-likeness (QED) is 0.857. The van der Waals surface area contributed by atoms with Crippen LogP contribution in [0.15, 0.2) is 54.6 Å². The van der Waals surface area contributed by atoms with Gasteiger partial charge in [0.1, 0.15) is 0 Å². The SMILES string of the molecule is OCc1ccc(CSC(=S)c2ccccc2)cc1. The molecule has 2 aromatic rings. The van der Waals surface area contributed by atoms with Gasteiger partial charge in [-0.05, 0) is 16.7 Å². The standard InChI is InChI=1S/C15H14OS2/c16-10-12-6-8-13(9-7-12)11-18-15(17)14-4-2-1-3-5-14/h1-9,16H,10-11H2. The summed E-state index contributed by atoms with van der Waals surface area (Å²) in [4.78, 5) is 0. The maximum Gasteiger partial charge on any atom is 0.0781 e. The van der Waals surface area contributed by atoms with Crippen LogP contribution < -0.4 is 0 Å². The summed E-state index contributed by atoms with van der Waals surface area (Å²) in [6.07, 6.45) is 0. The molecule has 18 heavy (non-hydrogen) atoms. The van der Waals surface area contributed by atoms with Gasteiger partial charge in [-0.15, -0.1) is 11.8 Å². The van der Waals surface area contributed by atoms with Crippen molar-refractivity contribution in [3.63, 3.8) is 0 Å². The molecule has 1 nitrogen and oxygen atoms in total. The van der Waals surface area contributed by atoms with Crippen molar-refractivity contribution in [2.24, 2.45) is 0 Å². The molecule has 0 saturated carbocycles. The third-order valence-corrected chi connectivity index (χ3v) is 4.15. The number of rotatable bonds is 4. The number of thiocarbonyl (C=S) groups is 1. The van der Waals surface area contributed by atoms with Gasteiger partial charge in [0.25, 0.3) is 0 Å². The maximum absolute atomic E-state index is 8.97. The van der Waals surface area contributed by atoms with Gasteiger partial charge in [0.15, 0.2) is 0 Å². The number of aliphatic hydroxyl groups excluding tert-OH is 1. The van der Waals surface area contributed by atoms with Crippen molar-refractivity contribution in [3.05, 3.63) is 71.3 Å². The van der Waals surface area contributed by atoms with Crippen LogP contribution in [0.2, 0.25) is 0 Å². The molecule has 1 N–H and O–H groups in total. The van der Waals surface area contributed by atoms with Gasteiger partial charge in [0.2, 0.25) is 0 Å². The Bertz CT molecular complexity index is 506. The molecule has 2 rings (SSSR count). The largest absolute Gasteiger partial charge is 0.392 e. The van der Waals surface area contributed by atoms with E-state index in [1.807, 2.05) is 54.6 Å². The third kappa shape index (κ3) is 3.67. The Morgan fingerprint density at radius 3 is 2.17 bits per heavy atom. The fourth-order valence-corrected chi connectivity index (χ4v) is 2.65. The van der Waals surface area contributed by atoms with Crippen LogP contribution in [0.5, 0.6) is 0 Å². The van der Waals surface area contributed by atoms with Gasteiger partial charge in [-0.25, -0.2) is 0 Å². The molecule has 3 heteroatoms. The molecular formula is C15H14OS2. The molecule has 0 fully saturated rings. The average molecular weight is 274 g/mol. The number of aliphatic hydroxyl groups is 1. The molecule has 0 amide bonds. The second kappa shape index (κ2) is 6.69. The topological polar surface area (TPSA) is 20.2 Å². The summed E-state index contributed by atoms with van der Waals surface area (Å²) in [7, 11) is 0. The minimum atomic E-state index is 0.0931. The molecule has 0 atom stereocenters. The molecular weight excluding hydrogens is 260 g/mol. The lowest BCUT2D eigenvalue weighted by molar-refractivity contribution is 0.282. The zero-order valence-corrected chi connectivity index (χ0v) is 11.5. The minimum Gasteiger partial charge on any atom is -0.392 e. The van der Waals surface area contributed by atoms with Gasteiger partial charge < -0.3 is 5.11 Å². The van der Waals surface area contributed by atoms with E-state index in [2.05, 4.69) is 0 Å². The number of thioether (sulfide) groups is 1. The van der Waals surface area contributed by atoms with Gasteiger partial charge >= 0.3 is 0 Å². The van der Waals surface area contributed by atoms with E-state index in [1.165, 1.54) is 5.56 Å². The summed E-state index contributed by atoms with van der Waals surface area (Å²) in [5.41, 5.74) is 3.26. The molecule has 0 spiro atoms. The van der Waals surface area contributed by atoms with E-state index in [-0.39, 0.29) is 6.61 Å². The van der Waals surface area contributed by atoms with Crippen LogP contribution in [-0.2, 0) is 12.4 Å². The first-order valence-electron chi connectivity index (χ1n) is 5.70. The van der Waals surface area contributed by atoms with Crippen molar-refractivity contribution in [2.75, 3.05) is 0 Å². The van der Waals surface area contributed by atoms with Gasteiger partial charge in [-0.2, -0.15) is 0 Å². The highest BCUT2D eigenvalue weighted by Crippen LogP contribution is 2.19. The first-order chi connectivity index (χ1) is 8.79. The third-order valence-electron chi connectivity index (χ3n) is 2.58. The Balaban J connectivity index is 1.93. The Hall–Kier alpha value is -1.16. The van der Waals surface area contributed by atoms with Gasteiger partial charge in [-0.3, -0.25) is 0 Å². The van der Waals surface area contributed by atoms with Crippen LogP contribution in [0, 0.1) is 0 Å². The lowest BCUT2D eigenvalue weighted by Gasteiger charge is -2.04. The van der Waals surface area contributed by atoms with Crippen LogP contribution in [0.4, 0.5) is 0 Å². The summed E-state index contributed by atoms with van der Waals surface area (Å²) in [5, 5.41) is 8.97. The van der Waals surface area contributed by atoms with Gasteiger partial charge in [-0.1, -0.05) is 66.8 Å². The zero-order valence-electron chi connectivity index (χ0n) is 9.87. The Morgan fingerprint density at radius 1 is 0.944 bits per heavy atom. The van der Waals surface area contributed by atoms with Crippen molar-refractivity contribution in [3.8, 4) is 0 Å². The van der Waals surface area contributed by atoms with Crippen molar-refractivity contribution in [1.29, 1.82) is 0 Å². The van der Waals surface area contributed by atoms with E-state index >= 15 is 0 Å². The lowest BCUT2D eigenvalue weighted by atomic mass is 10.2. The molecule has 2 aromatic carbocycles. The number of hydrogen-bond acceptors (Lipinski definition) is 3. The average Bonchev–Trinajstić information content (AvgIpc) is 2.46. The van der Waals surface area contributed by atoms with E-state index in [4.69, 9.17) is 17.3 Å². The minimum absolute atomic E-state index is 0.0931. The molecule has 92 valence electrons. The highest BCUT2D eigenvalue weighted by Gasteiger charge is 2.02. The second-order valence-corrected chi connectivity index (χ2v) is 5.57. The predicted octanol–water partition coefficient (Wildman–Crippen LogP) is 3.79. The van der Waals surface area contributed by atoms with Crippen LogP contribution in [0.1, 0.15) is 16.7 Å². The summed E-state index contributed by atoms with van der Waals surface area (Å²) < 4.78 is 0.918. The van der Waals surface area contributed by atoms with Gasteiger partial charge in [0, 0.05) is 5.75 Å². The normalized spacial score (nSPS) is 10.3. The smallest absolute Gasteiger partial charge is 0.0781 e. The lowest BCUT2D eigenvalue weighted by Crippen LogP contribution is -1.92. The first-order valence-corrected chi connectivity index (χ1v) is 7.10. The fourth-order valence-electron chi connectivity index (χ4n) is 1.55. The molecule has 0 saturated heterocycles. The monoisotopic (exact) mass is 274 g/mol. The molecule has 0 bridgehead atoms. The fraction of sp³-hybridized carbons (Fsp3) is 0.133. The number of hydrogen-bond donors (Lipinski definition) is 1. The van der Waals surface area contributed by atoms with Crippen LogP contribution >= 0.6 is 24.0 Å². The molecule has 0 radical (unpaired) electrons. The summed E-state index contributed by atoms with van der Waals surface area (Å²) in [5.74, 6) is 0.861. The first kappa shape index (κ1) is 13.3. The Kier molecular flexibility index (Phi) is 4.93. The van der Waals surface area contributed by atoms with Crippen LogP contribution in [0.3, 0.4) is 0 Å². The molecule has 0 aliphatic heterocycles. The Labute approximate surface area is 117 Å². The van der Waals surface area contributed by atoms with E-state index in [9.17, 15) is 0 Å². The van der Waals surface area contributed by atoms with Gasteiger partial charge in [0.05, 0.1) is 10.8 Å². The maximum atomic E-state index is 8.97. The predicted molar refractivity (Wildman–Crippen MR) is 81.8 cm³/mol. The zero-order chi connectivity index (χ0) is 12.8. The molecule has 0 aliphatic rings. The summed E-state index contributed by atoms with van der Waals surface area (Å²) in [6, 6.07) is 18.0. The van der Waals surface area contributed by atoms with Crippen LogP contribution in [0.25, 0.3) is 0 Å². The van der Waals surface area contributed by atoms with Crippen LogP contribution in [-0.4, -0.2) is 9.30 Å². The number of benzene rings is 2. The van der Waals surface area contributed by atoms with Crippen molar-refractivity contribution in [1.82, 2.24) is 0 Å². The van der Waals surface area contributed by atoms with Crippen molar-refractivity contribution < 1.29 is 5.11 Å². The molecule has 0 heterocycles. The molecule has 0 aromatic heterocycles. The van der Waals surface area contributed by atoms with E-state index in [1.54, 1.807) is 11.8 Å². The van der Waals surface area contributed by atoms with Crippen molar-refractivity contribution in [2.45, 2.75) is 12.4 Å². The second-order valence-electron chi connectivity index (χ2n) is 3.92.